The van der Waals surface area contributed by atoms with Crippen LogP contribution in [0.25, 0.3) is 16.6 Å². The Morgan fingerprint density at radius 2 is 1.80 bits per heavy atom. The third-order valence-corrected chi connectivity index (χ3v) is 11.9. The van der Waals surface area contributed by atoms with Crippen LogP contribution in [0.2, 0.25) is 0 Å². The van der Waals surface area contributed by atoms with Crippen molar-refractivity contribution in [3.8, 4) is 5.69 Å². The zero-order chi connectivity index (χ0) is 43.0. The van der Waals surface area contributed by atoms with Crippen LogP contribution in [0.4, 0.5) is 0 Å². The average molecular weight is 820 g/mol. The van der Waals surface area contributed by atoms with Gasteiger partial charge in [-0.1, -0.05) is 61.9 Å². The van der Waals surface area contributed by atoms with Gasteiger partial charge in [-0.05, 0) is 84.9 Å². The van der Waals surface area contributed by atoms with Crippen LogP contribution < -0.4 is 5.73 Å². The Labute approximate surface area is 348 Å². The Morgan fingerprint density at radius 1 is 1.05 bits per heavy atom. The summed E-state index contributed by atoms with van der Waals surface area (Å²) in [6.07, 6.45) is 3.39. The second kappa shape index (κ2) is 21.0. The van der Waals surface area contributed by atoms with Gasteiger partial charge in [-0.3, -0.25) is 14.6 Å². The number of hydrogen-bond acceptors (Lipinski definition) is 14. The number of aliphatic hydroxyl groups is 3. The van der Waals surface area contributed by atoms with Gasteiger partial charge in [0.25, 0.3) is 0 Å². The van der Waals surface area contributed by atoms with Crippen molar-refractivity contribution in [2.24, 2.45) is 29.4 Å². The molecule has 12 atom stereocenters. The summed E-state index contributed by atoms with van der Waals surface area (Å²) in [5, 5.41) is 44.1. The van der Waals surface area contributed by atoms with Gasteiger partial charge < -0.3 is 45.1 Å². The van der Waals surface area contributed by atoms with Crippen molar-refractivity contribution in [2.45, 2.75) is 116 Å². The highest BCUT2D eigenvalue weighted by Gasteiger charge is 2.47. The molecule has 0 aliphatic carbocycles. The van der Waals surface area contributed by atoms with Gasteiger partial charge in [0.05, 0.1) is 66.2 Å². The molecule has 1 saturated heterocycles. The predicted molar refractivity (Wildman–Crippen MR) is 224 cm³/mol. The number of rotatable bonds is 11. The first-order chi connectivity index (χ1) is 28.1. The summed E-state index contributed by atoms with van der Waals surface area (Å²) in [6.45, 7) is 10.4. The number of cyclic esters (lactones) is 1. The number of likely N-dealkylation sites (N-methyl/N-ethyl adjacent to an activating group) is 1. The monoisotopic (exact) mass is 819 g/mol. The Hall–Kier alpha value is -3.93. The van der Waals surface area contributed by atoms with Gasteiger partial charge in [-0.2, -0.15) is 0 Å². The van der Waals surface area contributed by atoms with Gasteiger partial charge in [0, 0.05) is 36.2 Å². The fourth-order valence-corrected chi connectivity index (χ4v) is 8.33. The number of hydrogen-bond donors (Lipinski definition) is 4. The van der Waals surface area contributed by atoms with Gasteiger partial charge >= 0.3 is 5.97 Å². The molecule has 15 nitrogen and oxygen atoms in total. The largest absolute Gasteiger partial charge is 0.462 e. The van der Waals surface area contributed by atoms with Crippen molar-refractivity contribution in [3.63, 3.8) is 0 Å². The van der Waals surface area contributed by atoms with Crippen LogP contribution in [0, 0.1) is 23.7 Å². The first-order valence-electron chi connectivity index (χ1n) is 20.9. The highest BCUT2D eigenvalue weighted by Crippen LogP contribution is 2.35. The summed E-state index contributed by atoms with van der Waals surface area (Å²) in [6, 6.07) is 9.19. The Kier molecular flexibility index (Phi) is 16.5. The summed E-state index contributed by atoms with van der Waals surface area (Å²) in [5.41, 5.74) is 9.36. The lowest BCUT2D eigenvalue weighted by Gasteiger charge is -2.46. The quantitative estimate of drug-likeness (QED) is 0.205. The number of benzene rings is 1. The van der Waals surface area contributed by atoms with E-state index in [9.17, 15) is 24.9 Å². The number of nitrogens with two attached hydrogens (primary N) is 1. The summed E-state index contributed by atoms with van der Waals surface area (Å²) in [5.74, 6) is -2.41. The number of fused-ring (bicyclic) bond motifs is 1. The van der Waals surface area contributed by atoms with Crippen molar-refractivity contribution in [3.05, 3.63) is 72.2 Å². The maximum Gasteiger partial charge on any atom is 0.308 e. The number of aliphatic hydroxyl groups excluding tert-OH is 3. The van der Waals surface area contributed by atoms with Crippen LogP contribution in [-0.2, 0) is 30.3 Å². The summed E-state index contributed by atoms with van der Waals surface area (Å²) < 4.78 is 20.5. The van der Waals surface area contributed by atoms with E-state index in [0.29, 0.717) is 32.4 Å². The normalized spacial score (nSPS) is 33.2. The lowest BCUT2D eigenvalue weighted by atomic mass is 9.79. The van der Waals surface area contributed by atoms with Crippen molar-refractivity contribution >= 4 is 22.7 Å². The van der Waals surface area contributed by atoms with E-state index in [1.807, 2.05) is 70.4 Å². The standard InChI is InChI=1S/C44H65N7O8/c1-9-38-32(22-45)18-26(2)14-15-36(52)27(3)19-31(16-17-50(8)24-33-25-51(48-47-33)34-20-30-12-10-11-13-35(30)46-23-34)43(28(4)37(53)21-39(54)58-38)59-44-42(56)40(49(6)7)41(55)29(5)57-44/h10-15,18,20,23,25,27-29,31-32,37-38,40-44,53,55-56H,9,16-17,19,21-22,24,45H2,1-8H3/b15-14+,26-18+/t27-,28+,29-,31+,32-,37-,38-,40?,41?,42?,43-,44+/m1/s1. The van der Waals surface area contributed by atoms with E-state index in [0.717, 1.165) is 27.9 Å². The molecule has 0 saturated carbocycles. The SMILES string of the molecule is CC[C@H]1OC(=O)C[C@@H](O)[C@H](C)[C@@H](O[C@@H]2O[C@H](C)C(O)C(N(C)C)C2O)[C@@H](CCN(C)Cc2cn(-c3cnc4ccccc4c3)nn2)C[C@@H](C)C(=O)/C=C/C(C)=C/[C@@H]1CN. The molecule has 15 heteroatoms. The minimum absolute atomic E-state index is 0.0731. The fraction of sp³-hybridized carbons (Fsp3) is 0.614. The van der Waals surface area contributed by atoms with Crippen LogP contribution in [-0.4, -0.2) is 140 Å². The highest BCUT2D eigenvalue weighted by atomic mass is 16.7. The minimum atomic E-state index is -1.25. The van der Waals surface area contributed by atoms with Crippen LogP contribution in [0.3, 0.4) is 0 Å². The van der Waals surface area contributed by atoms with Crippen molar-refractivity contribution < 1.29 is 39.1 Å². The van der Waals surface area contributed by atoms with Crippen LogP contribution in [0.15, 0.2) is 66.5 Å². The molecule has 5 N–H and O–H groups in total. The molecule has 1 fully saturated rings. The van der Waals surface area contributed by atoms with Gasteiger partial charge in [0.15, 0.2) is 12.1 Å². The van der Waals surface area contributed by atoms with Gasteiger partial charge in [-0.15, -0.1) is 5.10 Å². The molecular weight excluding hydrogens is 755 g/mol. The summed E-state index contributed by atoms with van der Waals surface area (Å²) in [7, 11) is 5.51. The molecule has 3 aromatic rings. The summed E-state index contributed by atoms with van der Waals surface area (Å²) in [4.78, 5) is 35.6. The van der Waals surface area contributed by atoms with Gasteiger partial charge in [0.1, 0.15) is 12.2 Å². The molecule has 4 heterocycles. The first kappa shape index (κ1) is 46.1. The number of allylic oxidation sites excluding steroid dienone is 3. The Morgan fingerprint density at radius 3 is 2.51 bits per heavy atom. The van der Waals surface area contributed by atoms with E-state index in [2.05, 4.69) is 20.2 Å². The molecule has 2 aromatic heterocycles. The minimum Gasteiger partial charge on any atom is -0.462 e. The average Bonchev–Trinajstić information content (AvgIpc) is 3.68. The second-order valence-corrected chi connectivity index (χ2v) is 16.8. The third-order valence-electron chi connectivity index (χ3n) is 11.9. The molecule has 5 rings (SSSR count). The number of pyridine rings is 1. The van der Waals surface area contributed by atoms with Crippen LogP contribution in [0.1, 0.15) is 66.0 Å². The van der Waals surface area contributed by atoms with E-state index in [1.54, 1.807) is 55.9 Å². The highest BCUT2D eigenvalue weighted by molar-refractivity contribution is 5.91. The zero-order valence-electron chi connectivity index (χ0n) is 35.8. The molecule has 2 aliphatic heterocycles. The van der Waals surface area contributed by atoms with Crippen LogP contribution in [0.5, 0.6) is 0 Å². The zero-order valence-corrected chi connectivity index (χ0v) is 35.8. The lowest BCUT2D eigenvalue weighted by molar-refractivity contribution is -0.304. The summed E-state index contributed by atoms with van der Waals surface area (Å²) >= 11 is 0. The molecule has 1 aromatic carbocycles. The molecule has 0 radical (unpaired) electrons. The number of carbonyl (C=O) groups excluding carboxylic acids is 2. The number of nitrogens with zero attached hydrogens (tertiary/aromatic N) is 6. The van der Waals surface area contributed by atoms with Crippen molar-refractivity contribution in [1.82, 2.24) is 29.8 Å². The second-order valence-electron chi connectivity index (χ2n) is 16.8. The van der Waals surface area contributed by atoms with E-state index in [4.69, 9.17) is 19.9 Å². The van der Waals surface area contributed by atoms with Crippen molar-refractivity contribution in [1.29, 1.82) is 0 Å². The van der Waals surface area contributed by atoms with E-state index in [-0.39, 0.29) is 30.6 Å². The topological polar surface area (TPSA) is 199 Å². The predicted octanol–water partition coefficient (Wildman–Crippen LogP) is 3.43. The van der Waals surface area contributed by atoms with E-state index < -0.39 is 66.8 Å². The molecular formula is C44H65N7O8. The van der Waals surface area contributed by atoms with Crippen LogP contribution >= 0.6 is 0 Å². The molecule has 0 spiro atoms. The maximum atomic E-state index is 13.7. The molecule has 0 bridgehead atoms. The Bertz CT molecular complexity index is 1900. The molecule has 324 valence electrons. The number of ether oxygens (including phenoxy) is 3. The van der Waals surface area contributed by atoms with E-state index in [1.165, 1.54) is 0 Å². The number of ketones is 1. The molecule has 0 amide bonds. The number of esters is 1. The first-order valence-corrected chi connectivity index (χ1v) is 20.9. The molecule has 59 heavy (non-hydrogen) atoms. The molecule has 2 aliphatic rings. The fourth-order valence-electron chi connectivity index (χ4n) is 8.33. The number of para-hydroxylation sites is 1. The van der Waals surface area contributed by atoms with Crippen molar-refractivity contribution in [2.75, 3.05) is 34.2 Å². The van der Waals surface area contributed by atoms with Gasteiger partial charge in [0.2, 0.25) is 0 Å². The maximum absolute atomic E-state index is 13.7. The lowest BCUT2D eigenvalue weighted by Crippen LogP contribution is -2.63. The van der Waals surface area contributed by atoms with Gasteiger partial charge in [-0.25, -0.2) is 4.68 Å². The third kappa shape index (κ3) is 11.9. The number of aromatic nitrogens is 4. The molecule has 3 unspecified atom stereocenters. The van der Waals surface area contributed by atoms with E-state index >= 15 is 0 Å². The smallest absolute Gasteiger partial charge is 0.308 e. The Balaban J connectivity index is 1.44. The number of carbonyl (C=O) groups is 2.